The minimum absolute atomic E-state index is 0.722. The fourth-order valence-electron chi connectivity index (χ4n) is 2.04. The molecule has 1 aromatic heterocycles. The molecule has 0 fully saturated rings. The number of rotatable bonds is 2. The number of para-hydroxylation sites is 1. The van der Waals surface area contributed by atoms with Crippen LogP contribution in [0.5, 0.6) is 0 Å². The summed E-state index contributed by atoms with van der Waals surface area (Å²) in [5.41, 5.74) is 3.05. The van der Waals surface area contributed by atoms with Gasteiger partial charge in [0.2, 0.25) is 4.80 Å². The number of nitrogens with zero attached hydrogens (tertiary/aromatic N) is 3. The van der Waals surface area contributed by atoms with Crippen molar-refractivity contribution in [3.05, 3.63) is 63.9 Å². The number of halogens is 1. The molecule has 3 rings (SSSR count). The first-order valence-electron chi connectivity index (χ1n) is 6.54. The van der Waals surface area contributed by atoms with Gasteiger partial charge in [-0.05, 0) is 36.8 Å². The fraction of sp³-hybridized carbons (Fsp3) is 0.125. The van der Waals surface area contributed by atoms with Crippen molar-refractivity contribution < 1.29 is 0 Å². The molecule has 0 radical (unpaired) electrons. The summed E-state index contributed by atoms with van der Waals surface area (Å²) in [5.74, 6) is 0. The summed E-state index contributed by atoms with van der Waals surface area (Å²) >= 11 is 7.52. The van der Waals surface area contributed by atoms with E-state index in [9.17, 15) is 0 Å². The molecule has 0 unspecified atom stereocenters. The van der Waals surface area contributed by atoms with Crippen LogP contribution in [0, 0.1) is 0 Å². The number of hydrogen-bond donors (Lipinski definition) is 0. The summed E-state index contributed by atoms with van der Waals surface area (Å²) in [7, 11) is 2.00. The van der Waals surface area contributed by atoms with Gasteiger partial charge in [-0.1, -0.05) is 47.2 Å². The highest BCUT2D eigenvalue weighted by Crippen LogP contribution is 2.15. The number of aryl methyl sites for hydroxylation is 1. The monoisotopic (exact) mass is 315 g/mol. The van der Waals surface area contributed by atoms with Crippen molar-refractivity contribution in [1.29, 1.82) is 0 Å². The average molecular weight is 316 g/mol. The van der Waals surface area contributed by atoms with Gasteiger partial charge in [0.15, 0.2) is 0 Å². The van der Waals surface area contributed by atoms with E-state index < -0.39 is 0 Å². The Morgan fingerprint density at radius 1 is 1.10 bits per heavy atom. The SMILES string of the molecule is CC(=NN=c1sc2ccccc2n1C)c1ccc(Cl)cc1. The standard InChI is InChI=1S/C16H14ClN3S/c1-11(12-7-9-13(17)10-8-12)18-19-16-20(2)14-5-3-4-6-15(14)21-16/h3-10H,1-2H3. The number of benzene rings is 2. The van der Waals surface area contributed by atoms with Crippen LogP contribution in [0.4, 0.5) is 0 Å². The van der Waals surface area contributed by atoms with Gasteiger partial charge in [-0.3, -0.25) is 0 Å². The summed E-state index contributed by atoms with van der Waals surface area (Å²) in [6, 6.07) is 15.8. The molecule has 0 saturated heterocycles. The number of fused-ring (bicyclic) bond motifs is 1. The molecule has 0 aliphatic heterocycles. The molecule has 0 saturated carbocycles. The van der Waals surface area contributed by atoms with Crippen LogP contribution >= 0.6 is 22.9 Å². The normalized spacial score (nSPS) is 13.1. The van der Waals surface area contributed by atoms with Gasteiger partial charge in [-0.2, -0.15) is 5.10 Å². The quantitative estimate of drug-likeness (QED) is 0.501. The molecule has 0 bridgehead atoms. The van der Waals surface area contributed by atoms with Crippen LogP contribution in [0.1, 0.15) is 12.5 Å². The molecule has 5 heteroatoms. The third kappa shape index (κ3) is 2.91. The molecular formula is C16H14ClN3S. The number of thiazole rings is 1. The largest absolute Gasteiger partial charge is 0.318 e. The molecule has 3 nitrogen and oxygen atoms in total. The highest BCUT2D eigenvalue weighted by molar-refractivity contribution is 7.16. The van der Waals surface area contributed by atoms with E-state index in [1.807, 2.05) is 50.4 Å². The second kappa shape index (κ2) is 5.84. The zero-order chi connectivity index (χ0) is 14.8. The number of hydrogen-bond acceptors (Lipinski definition) is 3. The predicted molar refractivity (Wildman–Crippen MR) is 90.0 cm³/mol. The van der Waals surface area contributed by atoms with Crippen LogP contribution in [-0.4, -0.2) is 10.3 Å². The summed E-state index contributed by atoms with van der Waals surface area (Å²) in [5, 5.41) is 9.44. The molecule has 3 aromatic rings. The minimum atomic E-state index is 0.722. The highest BCUT2D eigenvalue weighted by Gasteiger charge is 2.01. The zero-order valence-corrected chi connectivity index (χ0v) is 13.3. The molecule has 21 heavy (non-hydrogen) atoms. The zero-order valence-electron chi connectivity index (χ0n) is 11.7. The first kappa shape index (κ1) is 14.0. The van der Waals surface area contributed by atoms with E-state index in [0.29, 0.717) is 0 Å². The van der Waals surface area contributed by atoms with Crippen LogP contribution in [0.25, 0.3) is 10.2 Å². The van der Waals surface area contributed by atoms with Crippen molar-refractivity contribution in [2.45, 2.75) is 6.92 Å². The van der Waals surface area contributed by atoms with E-state index in [-0.39, 0.29) is 0 Å². The van der Waals surface area contributed by atoms with Gasteiger partial charge in [0, 0.05) is 12.1 Å². The predicted octanol–water partition coefficient (Wildman–Crippen LogP) is 4.22. The van der Waals surface area contributed by atoms with E-state index in [2.05, 4.69) is 26.9 Å². The van der Waals surface area contributed by atoms with Gasteiger partial charge < -0.3 is 4.57 Å². The molecule has 0 spiro atoms. The Hall–Kier alpha value is -1.91. The lowest BCUT2D eigenvalue weighted by Crippen LogP contribution is -2.09. The molecule has 0 atom stereocenters. The molecule has 0 amide bonds. The highest BCUT2D eigenvalue weighted by atomic mass is 35.5. The smallest absolute Gasteiger partial charge is 0.211 e. The van der Waals surface area contributed by atoms with Crippen LogP contribution in [0.2, 0.25) is 5.02 Å². The van der Waals surface area contributed by atoms with Crippen molar-refractivity contribution >= 4 is 38.9 Å². The summed E-state index contributed by atoms with van der Waals surface area (Å²) in [6.07, 6.45) is 0. The van der Waals surface area contributed by atoms with Crippen molar-refractivity contribution in [1.82, 2.24) is 4.57 Å². The van der Waals surface area contributed by atoms with Gasteiger partial charge in [0.1, 0.15) is 0 Å². The molecule has 106 valence electrons. The van der Waals surface area contributed by atoms with Gasteiger partial charge >= 0.3 is 0 Å². The Morgan fingerprint density at radius 2 is 1.81 bits per heavy atom. The second-order valence-electron chi connectivity index (χ2n) is 4.70. The second-order valence-corrected chi connectivity index (χ2v) is 6.15. The average Bonchev–Trinajstić information content (AvgIpc) is 2.82. The number of aromatic nitrogens is 1. The van der Waals surface area contributed by atoms with Gasteiger partial charge in [-0.15, -0.1) is 5.10 Å². The van der Waals surface area contributed by atoms with E-state index in [1.54, 1.807) is 11.3 Å². The minimum Gasteiger partial charge on any atom is -0.318 e. The molecule has 2 aromatic carbocycles. The van der Waals surface area contributed by atoms with E-state index in [0.717, 1.165) is 21.1 Å². The van der Waals surface area contributed by atoms with E-state index >= 15 is 0 Å². The Kier molecular flexibility index (Phi) is 3.90. The van der Waals surface area contributed by atoms with Crippen molar-refractivity contribution in [3.63, 3.8) is 0 Å². The lowest BCUT2D eigenvalue weighted by molar-refractivity contribution is 0.888. The third-order valence-corrected chi connectivity index (χ3v) is 4.62. The Balaban J connectivity index is 2.02. The van der Waals surface area contributed by atoms with Crippen LogP contribution in [0.3, 0.4) is 0 Å². The maximum absolute atomic E-state index is 5.89. The Labute approximate surface area is 131 Å². The summed E-state index contributed by atoms with van der Waals surface area (Å²) < 4.78 is 3.26. The Bertz CT molecular complexity index is 872. The molecular weight excluding hydrogens is 302 g/mol. The topological polar surface area (TPSA) is 29.6 Å². The van der Waals surface area contributed by atoms with Crippen LogP contribution in [0.15, 0.2) is 58.7 Å². The first-order valence-corrected chi connectivity index (χ1v) is 7.73. The molecule has 0 N–H and O–H groups in total. The van der Waals surface area contributed by atoms with Gasteiger partial charge in [0.05, 0.1) is 15.9 Å². The van der Waals surface area contributed by atoms with Crippen LogP contribution < -0.4 is 4.80 Å². The van der Waals surface area contributed by atoms with Gasteiger partial charge in [0.25, 0.3) is 0 Å². The van der Waals surface area contributed by atoms with E-state index in [1.165, 1.54) is 10.2 Å². The first-order chi connectivity index (χ1) is 10.1. The van der Waals surface area contributed by atoms with Crippen LogP contribution in [-0.2, 0) is 7.05 Å². The molecule has 0 aliphatic rings. The van der Waals surface area contributed by atoms with Gasteiger partial charge in [-0.25, -0.2) is 0 Å². The van der Waals surface area contributed by atoms with Crippen molar-refractivity contribution in [2.24, 2.45) is 17.3 Å². The maximum atomic E-state index is 5.89. The molecule has 1 heterocycles. The van der Waals surface area contributed by atoms with E-state index in [4.69, 9.17) is 11.6 Å². The third-order valence-electron chi connectivity index (χ3n) is 3.26. The molecule has 0 aliphatic carbocycles. The summed E-state index contributed by atoms with van der Waals surface area (Å²) in [6.45, 7) is 1.94. The van der Waals surface area contributed by atoms with Crippen molar-refractivity contribution in [2.75, 3.05) is 0 Å². The lowest BCUT2D eigenvalue weighted by atomic mass is 10.1. The van der Waals surface area contributed by atoms with Crippen molar-refractivity contribution in [3.8, 4) is 0 Å². The lowest BCUT2D eigenvalue weighted by Gasteiger charge is -1.98. The fourth-order valence-corrected chi connectivity index (χ4v) is 3.14. The summed E-state index contributed by atoms with van der Waals surface area (Å²) in [4.78, 5) is 0.879. The Morgan fingerprint density at radius 3 is 2.52 bits per heavy atom. The maximum Gasteiger partial charge on any atom is 0.211 e.